The van der Waals surface area contributed by atoms with Gasteiger partial charge in [0.2, 0.25) is 0 Å². The number of rotatable bonds is 15. The maximum atomic E-state index is 12.2. The molecule has 26 heavy (non-hydrogen) atoms. The maximum absolute atomic E-state index is 12.2. The molecule has 0 fully saturated rings. The lowest BCUT2D eigenvalue weighted by atomic mass is 10.2. The average Bonchev–Trinajstić information content (AvgIpc) is 2.52. The quantitative estimate of drug-likeness (QED) is 0.438. The molecule has 0 aliphatic heterocycles. The molecule has 8 nitrogen and oxygen atoms in total. The number of carboxylic acids is 1. The van der Waals surface area contributed by atoms with Gasteiger partial charge in [-0.15, -0.1) is 0 Å². The molecule has 0 rings (SSSR count). The van der Waals surface area contributed by atoms with Crippen LogP contribution in [-0.2, 0) is 23.7 Å². The molecule has 0 spiro atoms. The Morgan fingerprint density at radius 2 is 1.42 bits per heavy atom. The zero-order chi connectivity index (χ0) is 19.8. The fourth-order valence-corrected chi connectivity index (χ4v) is 1.90. The number of ether oxygens (including phenoxy) is 4. The van der Waals surface area contributed by atoms with Crippen molar-refractivity contribution in [1.82, 2.24) is 4.90 Å². The van der Waals surface area contributed by atoms with E-state index in [2.05, 4.69) is 6.92 Å². The van der Waals surface area contributed by atoms with E-state index >= 15 is 0 Å². The van der Waals surface area contributed by atoms with Crippen LogP contribution in [0.2, 0.25) is 0 Å². The predicted molar refractivity (Wildman–Crippen MR) is 97.4 cm³/mol. The minimum Gasteiger partial charge on any atom is -0.481 e. The number of hydrogen-bond acceptors (Lipinski definition) is 6. The smallest absolute Gasteiger partial charge is 0.410 e. The third kappa shape index (κ3) is 16.1. The van der Waals surface area contributed by atoms with E-state index in [9.17, 15) is 9.59 Å². The standard InChI is InChI=1S/C18H35NO7/c1-5-10-23-12-14-25-15-13-24-11-9-19(8-6-7-16(20)21)17(22)26-18(2,3)4/h5-15H2,1-4H3,(H,20,21). The molecule has 0 aromatic carbocycles. The van der Waals surface area contributed by atoms with Gasteiger partial charge < -0.3 is 29.0 Å². The Kier molecular flexibility index (Phi) is 14.0. The highest BCUT2D eigenvalue weighted by Crippen LogP contribution is 2.10. The van der Waals surface area contributed by atoms with Crippen LogP contribution < -0.4 is 0 Å². The molecule has 0 heterocycles. The molecule has 0 aliphatic rings. The van der Waals surface area contributed by atoms with Crippen LogP contribution in [0.25, 0.3) is 0 Å². The van der Waals surface area contributed by atoms with Crippen molar-refractivity contribution < 1.29 is 33.6 Å². The topological polar surface area (TPSA) is 94.5 Å². The van der Waals surface area contributed by atoms with Gasteiger partial charge in [0, 0.05) is 26.1 Å². The second-order valence-corrected chi connectivity index (χ2v) is 6.80. The van der Waals surface area contributed by atoms with Crippen LogP contribution in [0, 0.1) is 0 Å². The van der Waals surface area contributed by atoms with Crippen LogP contribution >= 0.6 is 0 Å². The Morgan fingerprint density at radius 1 is 0.885 bits per heavy atom. The fraction of sp³-hybridized carbons (Fsp3) is 0.889. The predicted octanol–water partition coefficient (Wildman–Crippen LogP) is 2.55. The SMILES string of the molecule is CCCOCCOCCOCCN(CCCC(=O)O)C(=O)OC(C)(C)C. The van der Waals surface area contributed by atoms with Crippen molar-refractivity contribution in [1.29, 1.82) is 0 Å². The Balaban J connectivity index is 3.98. The van der Waals surface area contributed by atoms with Gasteiger partial charge in [0.15, 0.2) is 0 Å². The summed E-state index contributed by atoms with van der Waals surface area (Å²) in [5.41, 5.74) is -0.601. The van der Waals surface area contributed by atoms with Gasteiger partial charge in [-0.1, -0.05) is 6.92 Å². The number of carboxylic acid groups (broad SMARTS) is 1. The summed E-state index contributed by atoms with van der Waals surface area (Å²) < 4.78 is 21.5. The van der Waals surface area contributed by atoms with Crippen molar-refractivity contribution in [3.8, 4) is 0 Å². The van der Waals surface area contributed by atoms with E-state index in [0.29, 0.717) is 52.5 Å². The largest absolute Gasteiger partial charge is 0.481 e. The Labute approximate surface area is 156 Å². The van der Waals surface area contributed by atoms with Gasteiger partial charge in [0.05, 0.1) is 33.0 Å². The molecule has 154 valence electrons. The zero-order valence-electron chi connectivity index (χ0n) is 16.6. The van der Waals surface area contributed by atoms with Crippen molar-refractivity contribution >= 4 is 12.1 Å². The highest BCUT2D eigenvalue weighted by Gasteiger charge is 2.21. The normalized spacial score (nSPS) is 11.4. The van der Waals surface area contributed by atoms with Gasteiger partial charge in [-0.05, 0) is 33.6 Å². The Hall–Kier alpha value is -1.38. The Morgan fingerprint density at radius 3 is 1.92 bits per heavy atom. The van der Waals surface area contributed by atoms with Gasteiger partial charge in [-0.3, -0.25) is 4.79 Å². The van der Waals surface area contributed by atoms with Crippen molar-refractivity contribution in [2.75, 3.05) is 52.7 Å². The van der Waals surface area contributed by atoms with Gasteiger partial charge >= 0.3 is 12.1 Å². The number of carbonyl (C=O) groups excluding carboxylic acids is 1. The van der Waals surface area contributed by atoms with Gasteiger partial charge in [-0.2, -0.15) is 0 Å². The lowest BCUT2D eigenvalue weighted by Gasteiger charge is -2.27. The molecule has 1 N–H and O–H groups in total. The molecular formula is C18H35NO7. The monoisotopic (exact) mass is 377 g/mol. The molecular weight excluding hydrogens is 342 g/mol. The molecule has 0 aromatic heterocycles. The number of nitrogens with zero attached hydrogens (tertiary/aromatic N) is 1. The van der Waals surface area contributed by atoms with E-state index in [1.54, 1.807) is 20.8 Å². The molecule has 0 atom stereocenters. The van der Waals surface area contributed by atoms with Crippen molar-refractivity contribution in [2.45, 2.75) is 52.6 Å². The van der Waals surface area contributed by atoms with Gasteiger partial charge in [-0.25, -0.2) is 4.79 Å². The molecule has 0 radical (unpaired) electrons. The highest BCUT2D eigenvalue weighted by atomic mass is 16.6. The van der Waals surface area contributed by atoms with Crippen molar-refractivity contribution in [3.63, 3.8) is 0 Å². The summed E-state index contributed by atoms with van der Waals surface area (Å²) in [6.45, 7) is 11.1. The van der Waals surface area contributed by atoms with E-state index in [1.807, 2.05) is 0 Å². The molecule has 0 saturated carbocycles. The summed E-state index contributed by atoms with van der Waals surface area (Å²) in [6, 6.07) is 0. The molecule has 0 aromatic rings. The van der Waals surface area contributed by atoms with E-state index in [-0.39, 0.29) is 6.42 Å². The number of aliphatic carboxylic acids is 1. The number of amides is 1. The summed E-state index contributed by atoms with van der Waals surface area (Å²) in [4.78, 5) is 24.3. The minimum atomic E-state index is -0.884. The molecule has 0 saturated heterocycles. The number of hydrogen-bond donors (Lipinski definition) is 1. The van der Waals surface area contributed by atoms with Gasteiger partial charge in [0.1, 0.15) is 5.60 Å². The second kappa shape index (κ2) is 14.8. The van der Waals surface area contributed by atoms with Crippen molar-refractivity contribution in [2.24, 2.45) is 0 Å². The lowest BCUT2D eigenvalue weighted by Crippen LogP contribution is -2.39. The third-order valence-electron chi connectivity index (χ3n) is 3.07. The van der Waals surface area contributed by atoms with E-state index in [0.717, 1.165) is 13.0 Å². The van der Waals surface area contributed by atoms with Crippen molar-refractivity contribution in [3.05, 3.63) is 0 Å². The summed E-state index contributed by atoms with van der Waals surface area (Å²) in [6.07, 6.45) is 0.906. The average molecular weight is 377 g/mol. The first-order chi connectivity index (χ1) is 12.3. The highest BCUT2D eigenvalue weighted by molar-refractivity contribution is 5.68. The first-order valence-electron chi connectivity index (χ1n) is 9.19. The lowest BCUT2D eigenvalue weighted by molar-refractivity contribution is -0.137. The summed E-state index contributed by atoms with van der Waals surface area (Å²) in [5, 5.41) is 8.73. The Bertz CT molecular complexity index is 382. The second-order valence-electron chi connectivity index (χ2n) is 6.80. The number of carbonyl (C=O) groups is 2. The molecule has 1 amide bonds. The zero-order valence-corrected chi connectivity index (χ0v) is 16.6. The van der Waals surface area contributed by atoms with Gasteiger partial charge in [0.25, 0.3) is 0 Å². The fourth-order valence-electron chi connectivity index (χ4n) is 1.90. The van der Waals surface area contributed by atoms with Crippen LogP contribution in [0.15, 0.2) is 0 Å². The van der Waals surface area contributed by atoms with Crippen LogP contribution in [0.5, 0.6) is 0 Å². The minimum absolute atomic E-state index is 0.00803. The molecule has 0 bridgehead atoms. The van der Waals surface area contributed by atoms with E-state index in [1.165, 1.54) is 4.90 Å². The van der Waals surface area contributed by atoms with Crippen LogP contribution in [0.4, 0.5) is 4.79 Å². The van der Waals surface area contributed by atoms with Crippen LogP contribution in [0.1, 0.15) is 47.0 Å². The van der Waals surface area contributed by atoms with Crippen LogP contribution in [-0.4, -0.2) is 80.4 Å². The molecule has 8 heteroatoms. The molecule has 0 unspecified atom stereocenters. The van der Waals surface area contributed by atoms with E-state index < -0.39 is 17.7 Å². The summed E-state index contributed by atoms with van der Waals surface area (Å²) >= 11 is 0. The van der Waals surface area contributed by atoms with Crippen LogP contribution in [0.3, 0.4) is 0 Å². The maximum Gasteiger partial charge on any atom is 0.410 e. The summed E-state index contributed by atoms with van der Waals surface area (Å²) in [7, 11) is 0. The summed E-state index contributed by atoms with van der Waals surface area (Å²) in [5.74, 6) is -0.884. The van der Waals surface area contributed by atoms with E-state index in [4.69, 9.17) is 24.1 Å². The third-order valence-corrected chi connectivity index (χ3v) is 3.07. The first kappa shape index (κ1) is 24.6. The first-order valence-corrected chi connectivity index (χ1v) is 9.19. The molecule has 0 aliphatic carbocycles.